The van der Waals surface area contributed by atoms with Crippen LogP contribution in [0.5, 0.6) is 0 Å². The molecule has 24 heavy (non-hydrogen) atoms. The van der Waals surface area contributed by atoms with Crippen molar-refractivity contribution in [2.75, 3.05) is 13.2 Å². The molecule has 0 aromatic carbocycles. The van der Waals surface area contributed by atoms with Gasteiger partial charge in [0.15, 0.2) is 5.82 Å². The van der Waals surface area contributed by atoms with Gasteiger partial charge in [-0.25, -0.2) is 4.68 Å². The van der Waals surface area contributed by atoms with Gasteiger partial charge in [0.2, 0.25) is 0 Å². The zero-order chi connectivity index (χ0) is 17.0. The van der Waals surface area contributed by atoms with Crippen molar-refractivity contribution in [2.24, 2.45) is 0 Å². The molecule has 3 heterocycles. The van der Waals surface area contributed by atoms with Gasteiger partial charge in [0.1, 0.15) is 0 Å². The SMILES string of the molecule is CC(C)(C)n1nnnc1CN(Cc1cccnc1)CC1CCCO1. The Morgan fingerprint density at radius 3 is 2.88 bits per heavy atom. The Hall–Kier alpha value is -1.86. The number of nitrogens with zero attached hydrogens (tertiary/aromatic N) is 6. The van der Waals surface area contributed by atoms with E-state index in [1.165, 1.54) is 5.56 Å². The Morgan fingerprint density at radius 2 is 2.21 bits per heavy atom. The molecule has 7 heteroatoms. The third-order valence-corrected chi connectivity index (χ3v) is 4.15. The Kier molecular flexibility index (Phi) is 5.20. The highest BCUT2D eigenvalue weighted by atomic mass is 16.5. The van der Waals surface area contributed by atoms with Gasteiger partial charge < -0.3 is 4.74 Å². The van der Waals surface area contributed by atoms with Crippen molar-refractivity contribution in [1.82, 2.24) is 30.1 Å². The molecule has 7 nitrogen and oxygen atoms in total. The largest absolute Gasteiger partial charge is 0.377 e. The van der Waals surface area contributed by atoms with E-state index in [4.69, 9.17) is 4.74 Å². The van der Waals surface area contributed by atoms with E-state index in [1.807, 2.05) is 16.9 Å². The lowest BCUT2D eigenvalue weighted by Crippen LogP contribution is -2.34. The maximum absolute atomic E-state index is 5.82. The lowest BCUT2D eigenvalue weighted by molar-refractivity contribution is 0.0658. The highest BCUT2D eigenvalue weighted by Gasteiger charge is 2.24. The second-order valence-electron chi connectivity index (χ2n) is 7.34. The van der Waals surface area contributed by atoms with Crippen LogP contribution in [0.1, 0.15) is 45.0 Å². The summed E-state index contributed by atoms with van der Waals surface area (Å²) in [6.45, 7) is 9.58. The average molecular weight is 330 g/mol. The van der Waals surface area contributed by atoms with Gasteiger partial charge in [-0.3, -0.25) is 9.88 Å². The van der Waals surface area contributed by atoms with E-state index in [0.29, 0.717) is 12.6 Å². The van der Waals surface area contributed by atoms with Crippen LogP contribution in [0, 0.1) is 0 Å². The van der Waals surface area contributed by atoms with Crippen molar-refractivity contribution in [1.29, 1.82) is 0 Å². The monoisotopic (exact) mass is 330 g/mol. The standard InChI is InChI=1S/C17H26N6O/c1-17(2,3)23-16(19-20-21-23)13-22(12-15-7-5-9-24-15)11-14-6-4-8-18-10-14/h4,6,8,10,15H,5,7,9,11-13H2,1-3H3. The minimum atomic E-state index is -0.136. The van der Waals surface area contributed by atoms with E-state index in [9.17, 15) is 0 Å². The van der Waals surface area contributed by atoms with Gasteiger partial charge >= 0.3 is 0 Å². The maximum atomic E-state index is 5.82. The summed E-state index contributed by atoms with van der Waals surface area (Å²) < 4.78 is 7.72. The summed E-state index contributed by atoms with van der Waals surface area (Å²) >= 11 is 0. The molecule has 1 atom stereocenters. The molecule has 0 spiro atoms. The third-order valence-electron chi connectivity index (χ3n) is 4.15. The van der Waals surface area contributed by atoms with E-state index >= 15 is 0 Å². The van der Waals surface area contributed by atoms with Gasteiger partial charge in [0, 0.05) is 32.1 Å². The second kappa shape index (κ2) is 7.36. The predicted octanol–water partition coefficient (Wildman–Crippen LogP) is 2.00. The van der Waals surface area contributed by atoms with Crippen molar-refractivity contribution in [2.45, 2.75) is 58.3 Å². The summed E-state index contributed by atoms with van der Waals surface area (Å²) in [5, 5.41) is 12.3. The molecule has 0 aliphatic carbocycles. The van der Waals surface area contributed by atoms with Gasteiger partial charge in [0.25, 0.3) is 0 Å². The maximum Gasteiger partial charge on any atom is 0.165 e. The smallest absolute Gasteiger partial charge is 0.165 e. The highest BCUT2D eigenvalue weighted by molar-refractivity contribution is 5.08. The van der Waals surface area contributed by atoms with Crippen molar-refractivity contribution in [3.05, 3.63) is 35.9 Å². The van der Waals surface area contributed by atoms with Crippen LogP contribution in [-0.4, -0.2) is 49.3 Å². The third kappa shape index (κ3) is 4.36. The number of rotatable bonds is 6. The minimum absolute atomic E-state index is 0.136. The van der Waals surface area contributed by atoms with Crippen molar-refractivity contribution >= 4 is 0 Å². The summed E-state index contributed by atoms with van der Waals surface area (Å²) in [5.74, 6) is 0.879. The molecule has 0 saturated carbocycles. The lowest BCUT2D eigenvalue weighted by atomic mass is 10.1. The summed E-state index contributed by atoms with van der Waals surface area (Å²) in [4.78, 5) is 6.57. The molecule has 0 bridgehead atoms. The first-order chi connectivity index (χ1) is 11.5. The molecule has 0 radical (unpaired) electrons. The van der Waals surface area contributed by atoms with Crippen LogP contribution in [0.25, 0.3) is 0 Å². The zero-order valence-corrected chi connectivity index (χ0v) is 14.7. The van der Waals surface area contributed by atoms with E-state index in [-0.39, 0.29) is 5.54 Å². The van der Waals surface area contributed by atoms with Gasteiger partial charge in [-0.05, 0) is 55.7 Å². The Labute approximate surface area is 143 Å². The van der Waals surface area contributed by atoms with Gasteiger partial charge in [-0.2, -0.15) is 0 Å². The van der Waals surface area contributed by atoms with Crippen LogP contribution in [-0.2, 0) is 23.4 Å². The van der Waals surface area contributed by atoms with E-state index in [0.717, 1.165) is 38.4 Å². The molecule has 0 amide bonds. The number of tetrazole rings is 1. The fraction of sp³-hybridized carbons (Fsp3) is 0.647. The molecule has 1 saturated heterocycles. The first kappa shape index (κ1) is 17.0. The summed E-state index contributed by atoms with van der Waals surface area (Å²) in [5.41, 5.74) is 1.05. The van der Waals surface area contributed by atoms with Crippen LogP contribution in [0.2, 0.25) is 0 Å². The van der Waals surface area contributed by atoms with Crippen LogP contribution in [0.4, 0.5) is 0 Å². The fourth-order valence-corrected chi connectivity index (χ4v) is 3.04. The predicted molar refractivity (Wildman–Crippen MR) is 90.1 cm³/mol. The Balaban J connectivity index is 1.75. The van der Waals surface area contributed by atoms with Crippen LogP contribution >= 0.6 is 0 Å². The van der Waals surface area contributed by atoms with E-state index in [2.05, 4.69) is 52.2 Å². The minimum Gasteiger partial charge on any atom is -0.377 e. The molecule has 2 aromatic heterocycles. The Bertz CT molecular complexity index is 630. The van der Waals surface area contributed by atoms with Crippen LogP contribution in [0.3, 0.4) is 0 Å². The molecule has 0 N–H and O–H groups in total. The highest BCUT2D eigenvalue weighted by Crippen LogP contribution is 2.18. The van der Waals surface area contributed by atoms with Gasteiger partial charge in [-0.1, -0.05) is 6.07 Å². The fourth-order valence-electron chi connectivity index (χ4n) is 3.04. The number of ether oxygens (including phenoxy) is 1. The molecule has 1 unspecified atom stereocenters. The van der Waals surface area contributed by atoms with Gasteiger partial charge in [-0.15, -0.1) is 5.10 Å². The Morgan fingerprint density at radius 1 is 1.33 bits per heavy atom. The molecular formula is C17H26N6O. The molecule has 1 fully saturated rings. The molecule has 1 aliphatic heterocycles. The first-order valence-corrected chi connectivity index (χ1v) is 8.53. The molecular weight excluding hydrogens is 304 g/mol. The molecule has 1 aliphatic rings. The molecule has 3 rings (SSSR count). The summed E-state index contributed by atoms with van der Waals surface area (Å²) in [6.07, 6.45) is 6.27. The summed E-state index contributed by atoms with van der Waals surface area (Å²) in [7, 11) is 0. The number of aromatic nitrogens is 5. The molecule has 2 aromatic rings. The van der Waals surface area contributed by atoms with E-state index in [1.54, 1.807) is 6.20 Å². The van der Waals surface area contributed by atoms with Gasteiger partial charge in [0.05, 0.1) is 18.2 Å². The second-order valence-corrected chi connectivity index (χ2v) is 7.34. The topological polar surface area (TPSA) is 69.0 Å². The van der Waals surface area contributed by atoms with Crippen LogP contribution < -0.4 is 0 Å². The quantitative estimate of drug-likeness (QED) is 0.807. The lowest BCUT2D eigenvalue weighted by Gasteiger charge is -2.26. The molecule has 130 valence electrons. The average Bonchev–Trinajstić information content (AvgIpc) is 3.19. The number of pyridine rings is 1. The summed E-state index contributed by atoms with van der Waals surface area (Å²) in [6, 6.07) is 4.07. The van der Waals surface area contributed by atoms with Crippen LogP contribution in [0.15, 0.2) is 24.5 Å². The van der Waals surface area contributed by atoms with Crippen molar-refractivity contribution in [3.63, 3.8) is 0 Å². The van der Waals surface area contributed by atoms with Crippen molar-refractivity contribution < 1.29 is 4.74 Å². The zero-order valence-electron chi connectivity index (χ0n) is 14.7. The van der Waals surface area contributed by atoms with E-state index < -0.39 is 0 Å². The van der Waals surface area contributed by atoms with Crippen molar-refractivity contribution in [3.8, 4) is 0 Å². The number of hydrogen-bond acceptors (Lipinski definition) is 6. The normalized spacial score (nSPS) is 18.4. The first-order valence-electron chi connectivity index (χ1n) is 8.53. The number of hydrogen-bond donors (Lipinski definition) is 0.